The van der Waals surface area contributed by atoms with E-state index in [4.69, 9.17) is 9.47 Å². The van der Waals surface area contributed by atoms with E-state index in [2.05, 4.69) is 31.3 Å². The standard InChI is InChI=1S/C22H29NO3/c1-15(2)19-14-20(16(3)13-21(19)26-5)22(24)23-12-6-7-17-8-10-18(25-4)11-9-17/h8-11,13-15H,6-7,12H2,1-5H3,(H,23,24). The Bertz CT molecular complexity index is 736. The zero-order valence-electron chi connectivity index (χ0n) is 16.4. The van der Waals surface area contributed by atoms with E-state index in [1.54, 1.807) is 14.2 Å². The molecule has 2 aromatic rings. The summed E-state index contributed by atoms with van der Waals surface area (Å²) >= 11 is 0. The van der Waals surface area contributed by atoms with E-state index in [0.29, 0.717) is 12.5 Å². The quantitative estimate of drug-likeness (QED) is 0.709. The molecule has 4 heteroatoms. The molecule has 0 aliphatic heterocycles. The number of carbonyl (C=O) groups is 1. The number of methoxy groups -OCH3 is 2. The predicted molar refractivity (Wildman–Crippen MR) is 105 cm³/mol. The van der Waals surface area contributed by atoms with Crippen LogP contribution in [-0.2, 0) is 6.42 Å². The topological polar surface area (TPSA) is 47.6 Å². The number of hydrogen-bond acceptors (Lipinski definition) is 3. The molecule has 0 radical (unpaired) electrons. The fourth-order valence-corrected chi connectivity index (χ4v) is 2.95. The zero-order chi connectivity index (χ0) is 19.1. The molecular weight excluding hydrogens is 326 g/mol. The van der Waals surface area contributed by atoms with E-state index in [0.717, 1.165) is 41.0 Å². The second-order valence-corrected chi connectivity index (χ2v) is 6.77. The SMILES string of the molecule is COc1ccc(CCCNC(=O)c2cc(C(C)C)c(OC)cc2C)cc1. The van der Waals surface area contributed by atoms with Crippen molar-refractivity contribution < 1.29 is 14.3 Å². The van der Waals surface area contributed by atoms with Gasteiger partial charge in [-0.2, -0.15) is 0 Å². The smallest absolute Gasteiger partial charge is 0.251 e. The largest absolute Gasteiger partial charge is 0.497 e. The molecule has 0 aromatic heterocycles. The van der Waals surface area contributed by atoms with Gasteiger partial charge in [-0.3, -0.25) is 4.79 Å². The number of nitrogens with one attached hydrogen (secondary N) is 1. The minimum atomic E-state index is -0.0261. The summed E-state index contributed by atoms with van der Waals surface area (Å²) in [5, 5.41) is 3.03. The highest BCUT2D eigenvalue weighted by Gasteiger charge is 2.15. The molecule has 140 valence electrons. The predicted octanol–water partition coefficient (Wildman–Crippen LogP) is 4.50. The summed E-state index contributed by atoms with van der Waals surface area (Å²) in [6.45, 7) is 6.79. The molecule has 1 N–H and O–H groups in total. The maximum absolute atomic E-state index is 12.6. The lowest BCUT2D eigenvalue weighted by molar-refractivity contribution is 0.0952. The molecule has 0 fully saturated rings. The van der Waals surface area contributed by atoms with E-state index >= 15 is 0 Å². The molecule has 0 aliphatic carbocycles. The van der Waals surface area contributed by atoms with Gasteiger partial charge in [-0.05, 0) is 66.6 Å². The van der Waals surface area contributed by atoms with Gasteiger partial charge in [-0.25, -0.2) is 0 Å². The Balaban J connectivity index is 1.93. The molecule has 0 atom stereocenters. The van der Waals surface area contributed by atoms with Crippen molar-refractivity contribution in [1.82, 2.24) is 5.32 Å². The number of carbonyl (C=O) groups excluding carboxylic acids is 1. The van der Waals surface area contributed by atoms with E-state index in [9.17, 15) is 4.79 Å². The monoisotopic (exact) mass is 355 g/mol. The third-order valence-corrected chi connectivity index (χ3v) is 4.53. The fraction of sp³-hybridized carbons (Fsp3) is 0.409. The van der Waals surface area contributed by atoms with E-state index in [-0.39, 0.29) is 5.91 Å². The second-order valence-electron chi connectivity index (χ2n) is 6.77. The van der Waals surface area contributed by atoms with Crippen molar-refractivity contribution >= 4 is 5.91 Å². The summed E-state index contributed by atoms with van der Waals surface area (Å²) in [6.07, 6.45) is 1.81. The Hall–Kier alpha value is -2.49. The van der Waals surface area contributed by atoms with E-state index in [1.165, 1.54) is 5.56 Å². The summed E-state index contributed by atoms with van der Waals surface area (Å²) < 4.78 is 10.6. The number of amides is 1. The van der Waals surface area contributed by atoms with E-state index < -0.39 is 0 Å². The molecule has 0 spiro atoms. The maximum Gasteiger partial charge on any atom is 0.251 e. The lowest BCUT2D eigenvalue weighted by atomic mass is 9.96. The number of rotatable bonds is 8. The van der Waals surface area contributed by atoms with Crippen molar-refractivity contribution in [1.29, 1.82) is 0 Å². The Kier molecular flexibility index (Phi) is 7.07. The van der Waals surface area contributed by atoms with Crippen LogP contribution in [0.15, 0.2) is 36.4 Å². The van der Waals surface area contributed by atoms with Crippen LogP contribution < -0.4 is 14.8 Å². The van der Waals surface area contributed by atoms with Crippen molar-refractivity contribution in [2.45, 2.75) is 39.5 Å². The highest BCUT2D eigenvalue weighted by atomic mass is 16.5. The van der Waals surface area contributed by atoms with Gasteiger partial charge in [0.25, 0.3) is 5.91 Å². The van der Waals surface area contributed by atoms with Crippen LogP contribution in [-0.4, -0.2) is 26.7 Å². The molecule has 0 unspecified atom stereocenters. The third-order valence-electron chi connectivity index (χ3n) is 4.53. The molecule has 0 bridgehead atoms. The van der Waals surface area contributed by atoms with Gasteiger partial charge in [0.1, 0.15) is 11.5 Å². The normalized spacial score (nSPS) is 10.7. The second kappa shape index (κ2) is 9.27. The van der Waals surface area contributed by atoms with Gasteiger partial charge in [0.15, 0.2) is 0 Å². The van der Waals surface area contributed by atoms with Crippen LogP contribution in [0.5, 0.6) is 11.5 Å². The van der Waals surface area contributed by atoms with Crippen LogP contribution in [0.1, 0.15) is 53.2 Å². The summed E-state index contributed by atoms with van der Waals surface area (Å²) in [5.74, 6) is 1.97. The molecule has 0 heterocycles. The molecule has 4 nitrogen and oxygen atoms in total. The molecule has 0 aliphatic rings. The van der Waals surface area contributed by atoms with Gasteiger partial charge in [0, 0.05) is 12.1 Å². The van der Waals surface area contributed by atoms with Gasteiger partial charge >= 0.3 is 0 Å². The Labute approximate surface area is 156 Å². The van der Waals surface area contributed by atoms with Crippen LogP contribution in [0.4, 0.5) is 0 Å². The van der Waals surface area contributed by atoms with Crippen LogP contribution in [0.25, 0.3) is 0 Å². The first-order chi connectivity index (χ1) is 12.5. The third kappa shape index (κ3) is 5.01. The lowest BCUT2D eigenvalue weighted by Crippen LogP contribution is -2.25. The molecule has 0 saturated carbocycles. The fourth-order valence-electron chi connectivity index (χ4n) is 2.95. The number of aryl methyl sites for hydroxylation is 2. The molecule has 26 heavy (non-hydrogen) atoms. The Morgan fingerprint density at radius 2 is 1.77 bits per heavy atom. The molecule has 0 saturated heterocycles. The average molecular weight is 355 g/mol. The van der Waals surface area contributed by atoms with Crippen LogP contribution in [0.2, 0.25) is 0 Å². The average Bonchev–Trinajstić information content (AvgIpc) is 2.64. The van der Waals surface area contributed by atoms with Crippen molar-refractivity contribution in [2.75, 3.05) is 20.8 Å². The molecule has 2 rings (SSSR count). The number of ether oxygens (including phenoxy) is 2. The zero-order valence-corrected chi connectivity index (χ0v) is 16.4. The Morgan fingerprint density at radius 3 is 2.35 bits per heavy atom. The maximum atomic E-state index is 12.6. The number of benzene rings is 2. The summed E-state index contributed by atoms with van der Waals surface area (Å²) in [5.41, 5.74) is 3.95. The summed E-state index contributed by atoms with van der Waals surface area (Å²) in [6, 6.07) is 11.9. The van der Waals surface area contributed by atoms with Crippen molar-refractivity contribution in [3.63, 3.8) is 0 Å². The van der Waals surface area contributed by atoms with Crippen molar-refractivity contribution in [3.8, 4) is 11.5 Å². The first kappa shape index (κ1) is 19.8. The van der Waals surface area contributed by atoms with Crippen LogP contribution >= 0.6 is 0 Å². The van der Waals surface area contributed by atoms with Crippen LogP contribution in [0.3, 0.4) is 0 Å². The molecule has 1 amide bonds. The molecule has 2 aromatic carbocycles. The van der Waals surface area contributed by atoms with Crippen molar-refractivity contribution in [2.24, 2.45) is 0 Å². The minimum absolute atomic E-state index is 0.0261. The Morgan fingerprint density at radius 1 is 1.08 bits per heavy atom. The van der Waals surface area contributed by atoms with Crippen LogP contribution in [0, 0.1) is 6.92 Å². The highest BCUT2D eigenvalue weighted by molar-refractivity contribution is 5.96. The summed E-state index contributed by atoms with van der Waals surface area (Å²) in [4.78, 5) is 12.6. The van der Waals surface area contributed by atoms with Gasteiger partial charge in [-0.1, -0.05) is 26.0 Å². The lowest BCUT2D eigenvalue weighted by Gasteiger charge is -2.16. The molecular formula is C22H29NO3. The minimum Gasteiger partial charge on any atom is -0.497 e. The summed E-state index contributed by atoms with van der Waals surface area (Å²) in [7, 11) is 3.33. The van der Waals surface area contributed by atoms with Gasteiger partial charge in [0.2, 0.25) is 0 Å². The number of hydrogen-bond donors (Lipinski definition) is 1. The highest BCUT2D eigenvalue weighted by Crippen LogP contribution is 2.29. The first-order valence-electron chi connectivity index (χ1n) is 9.06. The van der Waals surface area contributed by atoms with Gasteiger partial charge in [0.05, 0.1) is 14.2 Å². The van der Waals surface area contributed by atoms with Gasteiger partial charge in [-0.15, -0.1) is 0 Å². The van der Waals surface area contributed by atoms with Gasteiger partial charge < -0.3 is 14.8 Å². The van der Waals surface area contributed by atoms with Crippen molar-refractivity contribution in [3.05, 3.63) is 58.7 Å². The van der Waals surface area contributed by atoms with E-state index in [1.807, 2.05) is 31.2 Å². The first-order valence-corrected chi connectivity index (χ1v) is 9.06.